The molecule has 0 unspecified atom stereocenters. The molecule has 0 aliphatic heterocycles. The lowest BCUT2D eigenvalue weighted by molar-refractivity contribution is 0.668. The molecule has 3 N–H and O–H groups in total. The molecule has 0 aliphatic carbocycles. The SMILES string of the molecule is CCC(CC)Nc1cnc(C(N)=S)cn1. The van der Waals surface area contributed by atoms with E-state index in [4.69, 9.17) is 18.0 Å². The van der Waals surface area contributed by atoms with Crippen molar-refractivity contribution in [3.05, 3.63) is 18.1 Å². The summed E-state index contributed by atoms with van der Waals surface area (Å²) in [4.78, 5) is 8.58. The van der Waals surface area contributed by atoms with Crippen LogP contribution in [0.15, 0.2) is 12.4 Å². The minimum Gasteiger partial charge on any atom is -0.388 e. The predicted octanol–water partition coefficient (Wildman–Crippen LogP) is 1.71. The number of hydrogen-bond acceptors (Lipinski definition) is 4. The molecular formula is C10H16N4S. The second-order valence-electron chi connectivity index (χ2n) is 3.31. The van der Waals surface area contributed by atoms with Gasteiger partial charge in [0.25, 0.3) is 0 Å². The fraction of sp³-hybridized carbons (Fsp3) is 0.500. The molecule has 0 bridgehead atoms. The highest BCUT2D eigenvalue weighted by Gasteiger charge is 2.04. The van der Waals surface area contributed by atoms with Gasteiger partial charge in [0, 0.05) is 6.04 Å². The van der Waals surface area contributed by atoms with E-state index >= 15 is 0 Å². The Morgan fingerprint density at radius 1 is 1.40 bits per heavy atom. The number of thiocarbonyl (C=S) groups is 1. The molecule has 1 rings (SSSR count). The van der Waals surface area contributed by atoms with Crippen molar-refractivity contribution in [2.24, 2.45) is 5.73 Å². The maximum Gasteiger partial charge on any atom is 0.144 e. The normalized spacial score (nSPS) is 10.3. The number of anilines is 1. The van der Waals surface area contributed by atoms with Crippen LogP contribution < -0.4 is 11.1 Å². The molecule has 0 aromatic carbocycles. The summed E-state index contributed by atoms with van der Waals surface area (Å²) in [5.74, 6) is 0.767. The van der Waals surface area contributed by atoms with Crippen LogP contribution in [0.4, 0.5) is 5.82 Å². The van der Waals surface area contributed by atoms with Crippen molar-refractivity contribution in [2.75, 3.05) is 5.32 Å². The zero-order chi connectivity index (χ0) is 11.3. The van der Waals surface area contributed by atoms with E-state index < -0.39 is 0 Å². The predicted molar refractivity (Wildman–Crippen MR) is 65.9 cm³/mol. The van der Waals surface area contributed by atoms with Crippen LogP contribution in [0.25, 0.3) is 0 Å². The third-order valence-corrected chi connectivity index (χ3v) is 2.45. The van der Waals surface area contributed by atoms with Crippen molar-refractivity contribution in [3.8, 4) is 0 Å². The first-order chi connectivity index (χ1) is 7.17. The standard InChI is InChI=1S/C10H16N4S/c1-3-7(4-2)14-9-6-12-8(5-13-9)10(11)15/h5-7H,3-4H2,1-2H3,(H2,11,15)(H,13,14). The van der Waals surface area contributed by atoms with Crippen molar-refractivity contribution in [1.29, 1.82) is 0 Å². The number of rotatable bonds is 5. The molecule has 4 nitrogen and oxygen atoms in total. The van der Waals surface area contributed by atoms with Gasteiger partial charge in [-0.3, -0.25) is 0 Å². The molecule has 0 atom stereocenters. The minimum atomic E-state index is 0.275. The Balaban J connectivity index is 2.67. The second-order valence-corrected chi connectivity index (χ2v) is 3.75. The van der Waals surface area contributed by atoms with Gasteiger partial charge >= 0.3 is 0 Å². The van der Waals surface area contributed by atoms with Gasteiger partial charge in [-0.05, 0) is 12.8 Å². The van der Waals surface area contributed by atoms with Crippen LogP contribution in [-0.4, -0.2) is 21.0 Å². The molecule has 15 heavy (non-hydrogen) atoms. The van der Waals surface area contributed by atoms with Gasteiger partial charge in [0.1, 0.15) is 16.5 Å². The van der Waals surface area contributed by atoms with Gasteiger partial charge in [-0.25, -0.2) is 9.97 Å². The van der Waals surface area contributed by atoms with Crippen LogP contribution in [0.2, 0.25) is 0 Å². The van der Waals surface area contributed by atoms with Gasteiger partial charge in [0.2, 0.25) is 0 Å². The Hall–Kier alpha value is -1.23. The summed E-state index contributed by atoms with van der Waals surface area (Å²) in [5, 5.41) is 3.29. The Morgan fingerprint density at radius 3 is 2.47 bits per heavy atom. The average molecular weight is 224 g/mol. The van der Waals surface area contributed by atoms with Crippen molar-refractivity contribution >= 4 is 23.0 Å². The monoisotopic (exact) mass is 224 g/mol. The highest BCUT2D eigenvalue weighted by Crippen LogP contribution is 2.07. The van der Waals surface area contributed by atoms with Gasteiger partial charge in [-0.15, -0.1) is 0 Å². The first kappa shape index (κ1) is 11.8. The molecule has 1 aromatic heterocycles. The maximum atomic E-state index is 5.43. The first-order valence-corrected chi connectivity index (χ1v) is 5.46. The Labute approximate surface area is 95.3 Å². The molecule has 0 saturated heterocycles. The summed E-state index contributed by atoms with van der Waals surface area (Å²) in [6, 6.07) is 0.440. The molecule has 1 aromatic rings. The first-order valence-electron chi connectivity index (χ1n) is 5.05. The van der Waals surface area contributed by atoms with Crippen LogP contribution in [0, 0.1) is 0 Å². The van der Waals surface area contributed by atoms with E-state index in [1.807, 2.05) is 0 Å². The summed E-state index contributed by atoms with van der Waals surface area (Å²) in [6.07, 6.45) is 5.38. The summed E-state index contributed by atoms with van der Waals surface area (Å²) < 4.78 is 0. The topological polar surface area (TPSA) is 63.8 Å². The summed E-state index contributed by atoms with van der Waals surface area (Å²) in [5.41, 5.74) is 5.98. The van der Waals surface area contributed by atoms with Crippen molar-refractivity contribution in [2.45, 2.75) is 32.7 Å². The van der Waals surface area contributed by atoms with Crippen molar-refractivity contribution < 1.29 is 0 Å². The third-order valence-electron chi connectivity index (χ3n) is 2.24. The largest absolute Gasteiger partial charge is 0.388 e. The lowest BCUT2D eigenvalue weighted by atomic mass is 10.2. The number of hydrogen-bond donors (Lipinski definition) is 2. The molecule has 0 fully saturated rings. The van der Waals surface area contributed by atoms with E-state index in [1.54, 1.807) is 12.4 Å². The highest BCUT2D eigenvalue weighted by molar-refractivity contribution is 7.80. The van der Waals surface area contributed by atoms with Gasteiger partial charge in [0.05, 0.1) is 12.4 Å². The van der Waals surface area contributed by atoms with E-state index in [0.29, 0.717) is 11.7 Å². The summed E-state index contributed by atoms with van der Waals surface area (Å²) in [7, 11) is 0. The quantitative estimate of drug-likeness (QED) is 0.745. The Kier molecular flexibility index (Phi) is 4.42. The number of aromatic nitrogens is 2. The van der Waals surface area contributed by atoms with Crippen LogP contribution in [0.1, 0.15) is 32.4 Å². The fourth-order valence-corrected chi connectivity index (χ4v) is 1.34. The zero-order valence-corrected chi connectivity index (χ0v) is 9.84. The molecule has 0 radical (unpaired) electrons. The van der Waals surface area contributed by atoms with Crippen LogP contribution in [0.3, 0.4) is 0 Å². The smallest absolute Gasteiger partial charge is 0.144 e. The number of nitrogens with zero attached hydrogens (tertiary/aromatic N) is 2. The van der Waals surface area contributed by atoms with Gasteiger partial charge in [-0.2, -0.15) is 0 Å². The second kappa shape index (κ2) is 5.60. The lowest BCUT2D eigenvalue weighted by Crippen LogP contribution is -2.19. The molecule has 0 saturated carbocycles. The van der Waals surface area contributed by atoms with Crippen molar-refractivity contribution in [3.63, 3.8) is 0 Å². The average Bonchev–Trinajstić information content (AvgIpc) is 2.26. The molecule has 0 spiro atoms. The van der Waals surface area contributed by atoms with Crippen molar-refractivity contribution in [1.82, 2.24) is 9.97 Å². The van der Waals surface area contributed by atoms with Crippen LogP contribution >= 0.6 is 12.2 Å². The highest BCUT2D eigenvalue weighted by atomic mass is 32.1. The Bertz CT molecular complexity index is 319. The third kappa shape index (κ3) is 3.43. The minimum absolute atomic E-state index is 0.275. The molecule has 5 heteroatoms. The number of nitrogens with two attached hydrogens (primary N) is 1. The van der Waals surface area contributed by atoms with Crippen LogP contribution in [-0.2, 0) is 0 Å². The summed E-state index contributed by atoms with van der Waals surface area (Å²) >= 11 is 4.79. The molecule has 0 aliphatic rings. The summed E-state index contributed by atoms with van der Waals surface area (Å²) in [6.45, 7) is 4.27. The van der Waals surface area contributed by atoms with Gasteiger partial charge < -0.3 is 11.1 Å². The van der Waals surface area contributed by atoms with E-state index in [1.165, 1.54) is 0 Å². The Morgan fingerprint density at radius 2 is 2.07 bits per heavy atom. The molecule has 82 valence electrons. The molecular weight excluding hydrogens is 208 g/mol. The van der Waals surface area contributed by atoms with Gasteiger partial charge in [0.15, 0.2) is 0 Å². The molecule has 0 amide bonds. The van der Waals surface area contributed by atoms with E-state index in [0.717, 1.165) is 18.7 Å². The maximum absolute atomic E-state index is 5.43. The van der Waals surface area contributed by atoms with Gasteiger partial charge in [-0.1, -0.05) is 26.1 Å². The lowest BCUT2D eigenvalue weighted by Gasteiger charge is -2.14. The van der Waals surface area contributed by atoms with E-state index in [-0.39, 0.29) is 4.99 Å². The van der Waals surface area contributed by atoms with E-state index in [2.05, 4.69) is 29.1 Å². The van der Waals surface area contributed by atoms with E-state index in [9.17, 15) is 0 Å². The number of nitrogens with one attached hydrogen (secondary N) is 1. The van der Waals surface area contributed by atoms with Crippen LogP contribution in [0.5, 0.6) is 0 Å². The zero-order valence-electron chi connectivity index (χ0n) is 9.03. The fourth-order valence-electron chi connectivity index (χ4n) is 1.23. The molecule has 1 heterocycles.